The van der Waals surface area contributed by atoms with Gasteiger partial charge in [0.2, 0.25) is 0 Å². The highest BCUT2D eigenvalue weighted by Gasteiger charge is 2.29. The average molecular weight is 324 g/mol. The monoisotopic (exact) mass is 324 g/mol. The summed E-state index contributed by atoms with van der Waals surface area (Å²) in [5.41, 5.74) is 2.08. The summed E-state index contributed by atoms with van der Waals surface area (Å²) in [7, 11) is 0. The predicted octanol–water partition coefficient (Wildman–Crippen LogP) is 3.24. The van der Waals surface area contributed by atoms with Gasteiger partial charge in [-0.25, -0.2) is 4.79 Å². The number of urea groups is 1. The van der Waals surface area contributed by atoms with Crippen molar-refractivity contribution < 1.29 is 9.90 Å². The molecule has 1 aliphatic carbocycles. The molecule has 2 aromatic carbocycles. The van der Waals surface area contributed by atoms with Gasteiger partial charge < -0.3 is 15.7 Å². The molecule has 4 nitrogen and oxygen atoms in total. The molecule has 3 rings (SSSR count). The molecule has 0 bridgehead atoms. The van der Waals surface area contributed by atoms with Crippen LogP contribution in [0.4, 0.5) is 4.79 Å². The number of carbonyl (C=O) groups excluding carboxylic acids is 1. The van der Waals surface area contributed by atoms with Gasteiger partial charge in [0.25, 0.3) is 0 Å². The van der Waals surface area contributed by atoms with Gasteiger partial charge in [0, 0.05) is 6.54 Å². The van der Waals surface area contributed by atoms with E-state index in [1.54, 1.807) is 0 Å². The zero-order chi connectivity index (χ0) is 16.8. The molecule has 0 aliphatic heterocycles. The van der Waals surface area contributed by atoms with Gasteiger partial charge in [0.15, 0.2) is 0 Å². The fourth-order valence-corrected chi connectivity index (χ4v) is 2.88. The molecule has 1 unspecified atom stereocenters. The molecule has 2 aromatic rings. The number of carbonyl (C=O) groups is 1. The van der Waals surface area contributed by atoms with Crippen molar-refractivity contribution in [2.75, 3.05) is 6.54 Å². The Kier molecular flexibility index (Phi) is 5.49. The molecule has 1 saturated carbocycles. The molecular formula is C20H24N2O2. The maximum absolute atomic E-state index is 12.3. The summed E-state index contributed by atoms with van der Waals surface area (Å²) in [6.07, 6.45) is 2.54. The lowest BCUT2D eigenvalue weighted by Gasteiger charge is -2.20. The van der Waals surface area contributed by atoms with Crippen molar-refractivity contribution in [2.24, 2.45) is 5.92 Å². The van der Waals surface area contributed by atoms with Gasteiger partial charge in [0.1, 0.15) is 0 Å². The van der Waals surface area contributed by atoms with E-state index >= 15 is 0 Å². The Morgan fingerprint density at radius 1 is 1.00 bits per heavy atom. The molecule has 2 amide bonds. The highest BCUT2D eigenvalue weighted by molar-refractivity contribution is 5.75. The van der Waals surface area contributed by atoms with Crippen molar-refractivity contribution in [3.05, 3.63) is 71.8 Å². The van der Waals surface area contributed by atoms with Gasteiger partial charge in [-0.15, -0.1) is 0 Å². The van der Waals surface area contributed by atoms with Crippen LogP contribution in [0.25, 0.3) is 0 Å². The Balaban J connectivity index is 1.60. The number of amides is 2. The van der Waals surface area contributed by atoms with Gasteiger partial charge in [-0.05, 0) is 36.3 Å². The van der Waals surface area contributed by atoms with E-state index in [4.69, 9.17) is 0 Å². The van der Waals surface area contributed by atoms with Crippen LogP contribution in [0.1, 0.15) is 36.4 Å². The van der Waals surface area contributed by atoms with Crippen molar-refractivity contribution in [2.45, 2.75) is 31.4 Å². The number of aliphatic hydroxyl groups excluding tert-OH is 1. The van der Waals surface area contributed by atoms with Gasteiger partial charge in [-0.1, -0.05) is 60.7 Å². The predicted molar refractivity (Wildman–Crippen MR) is 94.6 cm³/mol. The molecule has 0 saturated heterocycles. The van der Waals surface area contributed by atoms with E-state index in [1.807, 2.05) is 60.7 Å². The highest BCUT2D eigenvalue weighted by atomic mass is 16.3. The lowest BCUT2D eigenvalue weighted by atomic mass is 9.99. The van der Waals surface area contributed by atoms with Crippen LogP contribution in [0.15, 0.2) is 60.7 Å². The third-order valence-corrected chi connectivity index (χ3v) is 4.43. The van der Waals surface area contributed by atoms with E-state index in [0.29, 0.717) is 18.9 Å². The standard InChI is InChI=1S/C20H24N2O2/c23-18(15-11-12-15)13-14-21-20(24)22-19(16-7-3-1-4-8-16)17-9-5-2-6-10-17/h1-10,15,18-19,23H,11-14H2,(H2,21,22,24). The zero-order valence-corrected chi connectivity index (χ0v) is 13.7. The number of nitrogens with one attached hydrogen (secondary N) is 2. The van der Waals surface area contributed by atoms with Crippen LogP contribution in [-0.4, -0.2) is 23.8 Å². The van der Waals surface area contributed by atoms with Crippen LogP contribution >= 0.6 is 0 Å². The third-order valence-electron chi connectivity index (χ3n) is 4.43. The minimum atomic E-state index is -0.288. The molecule has 1 fully saturated rings. The molecule has 1 aliphatic rings. The fraction of sp³-hybridized carbons (Fsp3) is 0.350. The summed E-state index contributed by atoms with van der Waals surface area (Å²) in [5.74, 6) is 0.441. The molecule has 24 heavy (non-hydrogen) atoms. The average Bonchev–Trinajstić information content (AvgIpc) is 3.46. The van der Waals surface area contributed by atoms with Gasteiger partial charge in [0.05, 0.1) is 12.1 Å². The normalized spacial score (nSPS) is 15.1. The van der Waals surface area contributed by atoms with Crippen LogP contribution in [-0.2, 0) is 0 Å². The Hall–Kier alpha value is -2.33. The molecule has 0 radical (unpaired) electrons. The van der Waals surface area contributed by atoms with Crippen LogP contribution in [0.5, 0.6) is 0 Å². The van der Waals surface area contributed by atoms with Crippen molar-refractivity contribution in [1.29, 1.82) is 0 Å². The third kappa shape index (κ3) is 4.59. The maximum Gasteiger partial charge on any atom is 0.315 e. The first-order chi connectivity index (χ1) is 11.7. The molecule has 0 heterocycles. The van der Waals surface area contributed by atoms with Crippen LogP contribution in [0.2, 0.25) is 0 Å². The number of aliphatic hydroxyl groups is 1. The SMILES string of the molecule is O=C(NCCC(O)C1CC1)NC(c1ccccc1)c1ccccc1. The first-order valence-corrected chi connectivity index (χ1v) is 8.56. The van der Waals surface area contributed by atoms with E-state index in [0.717, 1.165) is 24.0 Å². The summed E-state index contributed by atoms with van der Waals surface area (Å²) in [4.78, 5) is 12.3. The molecule has 4 heteroatoms. The van der Waals surface area contributed by atoms with E-state index in [-0.39, 0.29) is 18.2 Å². The first-order valence-electron chi connectivity index (χ1n) is 8.56. The minimum Gasteiger partial charge on any atom is -0.393 e. The van der Waals surface area contributed by atoms with Gasteiger partial charge in [-0.3, -0.25) is 0 Å². The highest BCUT2D eigenvalue weighted by Crippen LogP contribution is 2.33. The summed E-state index contributed by atoms with van der Waals surface area (Å²) < 4.78 is 0. The van der Waals surface area contributed by atoms with Crippen molar-refractivity contribution in [3.8, 4) is 0 Å². The molecule has 3 N–H and O–H groups in total. The van der Waals surface area contributed by atoms with Crippen molar-refractivity contribution in [3.63, 3.8) is 0 Å². The minimum absolute atomic E-state index is 0.194. The lowest BCUT2D eigenvalue weighted by molar-refractivity contribution is 0.141. The van der Waals surface area contributed by atoms with Gasteiger partial charge in [-0.2, -0.15) is 0 Å². The molecular weight excluding hydrogens is 300 g/mol. The zero-order valence-electron chi connectivity index (χ0n) is 13.7. The van der Waals surface area contributed by atoms with Crippen LogP contribution in [0.3, 0.4) is 0 Å². The molecule has 1 atom stereocenters. The Bertz CT molecular complexity index is 602. The summed E-state index contributed by atoms with van der Waals surface area (Å²) in [6, 6.07) is 19.4. The quantitative estimate of drug-likeness (QED) is 0.732. The summed E-state index contributed by atoms with van der Waals surface area (Å²) in [6.45, 7) is 0.486. The molecule has 126 valence electrons. The topological polar surface area (TPSA) is 61.4 Å². The second-order valence-electron chi connectivity index (χ2n) is 6.35. The first kappa shape index (κ1) is 16.5. The largest absolute Gasteiger partial charge is 0.393 e. The molecule has 0 aromatic heterocycles. The number of rotatable bonds is 7. The Labute approximate surface area is 142 Å². The Morgan fingerprint density at radius 3 is 2.04 bits per heavy atom. The van der Waals surface area contributed by atoms with Crippen LogP contribution < -0.4 is 10.6 Å². The second kappa shape index (κ2) is 7.97. The molecule has 0 spiro atoms. The van der Waals surface area contributed by atoms with E-state index in [9.17, 15) is 9.90 Å². The lowest BCUT2D eigenvalue weighted by Crippen LogP contribution is -2.39. The van der Waals surface area contributed by atoms with Crippen molar-refractivity contribution in [1.82, 2.24) is 10.6 Å². The number of hydrogen-bond donors (Lipinski definition) is 3. The summed E-state index contributed by atoms with van der Waals surface area (Å²) >= 11 is 0. The van der Waals surface area contributed by atoms with E-state index < -0.39 is 0 Å². The number of benzene rings is 2. The Morgan fingerprint density at radius 2 is 1.54 bits per heavy atom. The van der Waals surface area contributed by atoms with Gasteiger partial charge >= 0.3 is 6.03 Å². The second-order valence-corrected chi connectivity index (χ2v) is 6.35. The smallest absolute Gasteiger partial charge is 0.315 e. The van der Waals surface area contributed by atoms with Crippen molar-refractivity contribution >= 4 is 6.03 Å². The van der Waals surface area contributed by atoms with Crippen LogP contribution in [0, 0.1) is 5.92 Å². The van der Waals surface area contributed by atoms with E-state index in [2.05, 4.69) is 10.6 Å². The fourth-order valence-electron chi connectivity index (χ4n) is 2.88. The maximum atomic E-state index is 12.3. The number of hydrogen-bond acceptors (Lipinski definition) is 2. The summed E-state index contributed by atoms with van der Waals surface area (Å²) in [5, 5.41) is 15.8. The van der Waals surface area contributed by atoms with E-state index in [1.165, 1.54) is 0 Å².